The van der Waals surface area contributed by atoms with Crippen LogP contribution < -0.4 is 4.90 Å². The summed E-state index contributed by atoms with van der Waals surface area (Å²) in [5.41, 5.74) is 4.20. The van der Waals surface area contributed by atoms with Crippen LogP contribution in [0.15, 0.2) is 48.7 Å². The number of pyridine rings is 1. The first-order chi connectivity index (χ1) is 16.1. The number of hydrogen-bond acceptors (Lipinski definition) is 6. The highest BCUT2D eigenvalue weighted by Crippen LogP contribution is 2.37. The molecule has 2 saturated heterocycles. The first-order valence-corrected chi connectivity index (χ1v) is 13.1. The van der Waals surface area contributed by atoms with Gasteiger partial charge in [-0.2, -0.15) is 0 Å². The minimum Gasteiger partial charge on any atom is -0.772 e. The maximum absolute atomic E-state index is 11.6. The van der Waals surface area contributed by atoms with E-state index in [1.54, 1.807) is 18.3 Å². The number of phenols is 1. The van der Waals surface area contributed by atoms with Crippen molar-refractivity contribution in [1.29, 1.82) is 0 Å². The summed E-state index contributed by atoms with van der Waals surface area (Å²) in [7, 11) is 0. The standard InChI is InChI=1S/C26H31N3O3S/c30-25-6-2-1-5-22(25)20-7-8-24-23(15-20)26(21(16-27-24)18-33(31)32)29-13-9-19(10-14-29)17-28-11-3-4-12-28/h1-2,5-8,15-16,19,30H,3-4,9-14,17-18H2,(H,31,32)/p-1. The number of hydrogen-bond donors (Lipinski definition) is 1. The van der Waals surface area contributed by atoms with Crippen LogP contribution in [0, 0.1) is 5.92 Å². The van der Waals surface area contributed by atoms with Gasteiger partial charge in [-0.05, 0) is 68.5 Å². The molecule has 1 aromatic heterocycles. The molecule has 2 fully saturated rings. The first kappa shape index (κ1) is 22.3. The Morgan fingerprint density at radius 1 is 1.06 bits per heavy atom. The van der Waals surface area contributed by atoms with Crippen LogP contribution >= 0.6 is 0 Å². The van der Waals surface area contributed by atoms with E-state index in [1.807, 2.05) is 30.3 Å². The van der Waals surface area contributed by atoms with Crippen molar-refractivity contribution in [3.05, 3.63) is 54.2 Å². The lowest BCUT2D eigenvalue weighted by Gasteiger charge is -2.37. The largest absolute Gasteiger partial charge is 0.772 e. The summed E-state index contributed by atoms with van der Waals surface area (Å²) in [5, 5.41) is 11.3. The van der Waals surface area contributed by atoms with E-state index in [0.29, 0.717) is 5.92 Å². The predicted octanol–water partition coefficient (Wildman–Crippen LogP) is 4.30. The normalized spacial score (nSPS) is 18.8. The molecule has 3 aromatic rings. The van der Waals surface area contributed by atoms with E-state index in [9.17, 15) is 13.9 Å². The lowest BCUT2D eigenvalue weighted by Crippen LogP contribution is -2.38. The summed E-state index contributed by atoms with van der Waals surface area (Å²) in [6.45, 7) is 5.46. The molecule has 2 aliphatic rings. The summed E-state index contributed by atoms with van der Waals surface area (Å²) >= 11 is -2.19. The maximum atomic E-state index is 11.6. The van der Waals surface area contributed by atoms with Crippen LogP contribution in [0.4, 0.5) is 5.69 Å². The molecule has 1 N–H and O–H groups in total. The highest BCUT2D eigenvalue weighted by atomic mass is 32.2. The van der Waals surface area contributed by atoms with Crippen molar-refractivity contribution in [3.8, 4) is 16.9 Å². The molecule has 1 unspecified atom stereocenters. The van der Waals surface area contributed by atoms with Crippen LogP contribution in [0.1, 0.15) is 31.2 Å². The monoisotopic (exact) mass is 464 g/mol. The summed E-state index contributed by atoms with van der Waals surface area (Å²) in [4.78, 5) is 9.50. The van der Waals surface area contributed by atoms with Gasteiger partial charge >= 0.3 is 0 Å². The third kappa shape index (κ3) is 4.90. The van der Waals surface area contributed by atoms with E-state index in [2.05, 4.69) is 14.8 Å². The Morgan fingerprint density at radius 3 is 2.55 bits per heavy atom. The number of rotatable bonds is 6. The second-order valence-corrected chi connectivity index (χ2v) is 10.2. The van der Waals surface area contributed by atoms with E-state index < -0.39 is 11.1 Å². The average molecular weight is 465 g/mol. The summed E-state index contributed by atoms with van der Waals surface area (Å²) < 4.78 is 23.3. The Labute approximate surface area is 197 Å². The molecule has 33 heavy (non-hydrogen) atoms. The average Bonchev–Trinajstić information content (AvgIpc) is 3.32. The second kappa shape index (κ2) is 9.79. The van der Waals surface area contributed by atoms with Gasteiger partial charge in [0.05, 0.1) is 11.2 Å². The highest BCUT2D eigenvalue weighted by molar-refractivity contribution is 7.78. The second-order valence-electron chi connectivity index (χ2n) is 9.27. The number of benzene rings is 2. The summed E-state index contributed by atoms with van der Waals surface area (Å²) in [5.74, 6) is 0.875. The molecule has 0 bridgehead atoms. The number of piperidine rings is 1. The maximum Gasteiger partial charge on any atom is 0.123 e. The molecule has 174 valence electrons. The highest BCUT2D eigenvalue weighted by Gasteiger charge is 2.25. The third-order valence-corrected chi connectivity index (χ3v) is 7.60. The Hall–Kier alpha value is -2.48. The van der Waals surface area contributed by atoms with Crippen molar-refractivity contribution >= 4 is 27.7 Å². The molecule has 6 nitrogen and oxygen atoms in total. The van der Waals surface area contributed by atoms with Gasteiger partial charge in [0.2, 0.25) is 0 Å². The van der Waals surface area contributed by atoms with Gasteiger partial charge in [0.15, 0.2) is 0 Å². The van der Waals surface area contributed by atoms with E-state index in [-0.39, 0.29) is 11.5 Å². The fourth-order valence-corrected chi connectivity index (χ4v) is 5.85. The first-order valence-electron chi connectivity index (χ1n) is 11.8. The fourth-order valence-electron chi connectivity index (χ4n) is 5.38. The molecule has 3 heterocycles. The Kier molecular flexibility index (Phi) is 6.62. The zero-order chi connectivity index (χ0) is 22.8. The number of likely N-dealkylation sites (tertiary alicyclic amines) is 1. The van der Waals surface area contributed by atoms with E-state index in [1.165, 1.54) is 32.5 Å². The quantitative estimate of drug-likeness (QED) is 0.548. The number of aromatic hydroxyl groups is 1. The summed E-state index contributed by atoms with van der Waals surface area (Å²) in [6.07, 6.45) is 6.57. The smallest absolute Gasteiger partial charge is 0.123 e. The van der Waals surface area contributed by atoms with Crippen LogP contribution in [0.2, 0.25) is 0 Å². The SMILES string of the molecule is O=S([O-])Cc1cnc2ccc(-c3ccccc3O)cc2c1N1CCC(CN2CCCC2)CC1. The van der Waals surface area contributed by atoms with Gasteiger partial charge in [-0.3, -0.25) is 9.19 Å². The third-order valence-electron chi connectivity index (χ3n) is 7.05. The molecule has 2 aliphatic heterocycles. The number of nitrogens with zero attached hydrogens (tertiary/aromatic N) is 3. The minimum atomic E-state index is -2.19. The number of aromatic nitrogens is 1. The Balaban J connectivity index is 1.49. The topological polar surface area (TPSA) is 79.7 Å². The number of anilines is 1. The van der Waals surface area contributed by atoms with Gasteiger partial charge in [0.25, 0.3) is 0 Å². The molecule has 2 aromatic carbocycles. The van der Waals surface area contributed by atoms with E-state index >= 15 is 0 Å². The Bertz CT molecular complexity index is 1150. The van der Waals surface area contributed by atoms with Crippen LogP contribution in [-0.2, 0) is 16.8 Å². The van der Waals surface area contributed by atoms with Crippen LogP contribution in [-0.4, -0.2) is 56.5 Å². The fraction of sp³-hybridized carbons (Fsp3) is 0.423. The molecular weight excluding hydrogens is 434 g/mol. The molecule has 0 amide bonds. The van der Waals surface area contributed by atoms with Gasteiger partial charge in [0.1, 0.15) is 5.75 Å². The zero-order valence-corrected chi connectivity index (χ0v) is 19.6. The molecule has 0 saturated carbocycles. The van der Waals surface area contributed by atoms with Crippen molar-refractivity contribution in [1.82, 2.24) is 9.88 Å². The summed E-state index contributed by atoms with van der Waals surface area (Å²) in [6, 6.07) is 13.2. The van der Waals surface area contributed by atoms with Gasteiger partial charge in [-0.1, -0.05) is 35.3 Å². The molecular formula is C26H30N3O3S-. The number of fused-ring (bicyclic) bond motifs is 1. The lowest BCUT2D eigenvalue weighted by molar-refractivity contribution is 0.249. The van der Waals surface area contributed by atoms with Gasteiger partial charge in [-0.15, -0.1) is 0 Å². The number of phenolic OH excluding ortho intramolecular Hbond substituents is 1. The minimum absolute atomic E-state index is 0.0488. The molecule has 0 spiro atoms. The molecule has 1 atom stereocenters. The van der Waals surface area contributed by atoms with Gasteiger partial charge in [0, 0.05) is 48.1 Å². The van der Waals surface area contributed by atoms with Gasteiger partial charge < -0.3 is 19.5 Å². The Morgan fingerprint density at radius 2 is 1.82 bits per heavy atom. The van der Waals surface area contributed by atoms with Crippen molar-refractivity contribution in [2.75, 3.05) is 37.6 Å². The molecule has 0 radical (unpaired) electrons. The van der Waals surface area contributed by atoms with Crippen LogP contribution in [0.5, 0.6) is 5.75 Å². The molecule has 7 heteroatoms. The molecule has 5 rings (SSSR count). The van der Waals surface area contributed by atoms with Crippen LogP contribution in [0.3, 0.4) is 0 Å². The van der Waals surface area contributed by atoms with Crippen LogP contribution in [0.25, 0.3) is 22.0 Å². The van der Waals surface area contributed by atoms with Crippen molar-refractivity contribution < 1.29 is 13.9 Å². The number of para-hydroxylation sites is 1. The van der Waals surface area contributed by atoms with Crippen molar-refractivity contribution in [2.24, 2.45) is 5.92 Å². The zero-order valence-electron chi connectivity index (χ0n) is 18.8. The van der Waals surface area contributed by atoms with Gasteiger partial charge in [-0.25, -0.2) is 0 Å². The van der Waals surface area contributed by atoms with E-state index in [4.69, 9.17) is 0 Å². The predicted molar refractivity (Wildman–Crippen MR) is 132 cm³/mol. The van der Waals surface area contributed by atoms with E-state index in [0.717, 1.165) is 59.2 Å². The van der Waals surface area contributed by atoms with Crippen molar-refractivity contribution in [3.63, 3.8) is 0 Å². The van der Waals surface area contributed by atoms with Crippen molar-refractivity contribution in [2.45, 2.75) is 31.4 Å². The molecule has 0 aliphatic carbocycles. The lowest BCUT2D eigenvalue weighted by atomic mass is 9.94.